The van der Waals surface area contributed by atoms with E-state index in [9.17, 15) is 14.7 Å². The standard InChI is InChI=1S/C27H32N2O6/c1-18(2)35-20-10-8-19(9-11-20)25(30)23-24(21-6-4-5-7-22(21)33-3)29(27(32)26(23)31)13-12-28-14-16-34-17-15-28/h4-11,18,24,30H,12-17H2,1-3H3/b25-23+/t24-/m1/s1. The van der Waals surface area contributed by atoms with Crippen LogP contribution in [0.3, 0.4) is 0 Å². The quantitative estimate of drug-likeness (QED) is 0.353. The second-order valence-corrected chi connectivity index (χ2v) is 8.88. The van der Waals surface area contributed by atoms with Crippen LogP contribution in [0.4, 0.5) is 0 Å². The normalized spacial score (nSPS) is 20.5. The molecule has 2 aliphatic heterocycles. The third-order valence-electron chi connectivity index (χ3n) is 6.23. The summed E-state index contributed by atoms with van der Waals surface area (Å²) in [6.07, 6.45) is 0.0109. The van der Waals surface area contributed by atoms with E-state index in [1.165, 1.54) is 4.90 Å². The van der Waals surface area contributed by atoms with Gasteiger partial charge in [-0.1, -0.05) is 18.2 Å². The largest absolute Gasteiger partial charge is 0.507 e. The number of carbonyl (C=O) groups is 2. The molecule has 2 saturated heterocycles. The van der Waals surface area contributed by atoms with Gasteiger partial charge in [-0.05, 0) is 44.2 Å². The van der Waals surface area contributed by atoms with Gasteiger partial charge in [0, 0.05) is 37.3 Å². The molecule has 0 spiro atoms. The molecule has 35 heavy (non-hydrogen) atoms. The average molecular weight is 481 g/mol. The Balaban J connectivity index is 1.73. The number of aliphatic hydroxyl groups is 1. The Morgan fingerprint density at radius 1 is 1.06 bits per heavy atom. The Morgan fingerprint density at radius 3 is 2.40 bits per heavy atom. The maximum atomic E-state index is 13.3. The minimum atomic E-state index is -0.765. The van der Waals surface area contributed by atoms with Gasteiger partial charge in [-0.3, -0.25) is 14.5 Å². The first-order valence-corrected chi connectivity index (χ1v) is 11.9. The number of carbonyl (C=O) groups excluding carboxylic acids is 2. The molecule has 0 aliphatic carbocycles. The van der Waals surface area contributed by atoms with Crippen LogP contribution in [0.15, 0.2) is 54.1 Å². The Labute approximate surface area is 205 Å². The second-order valence-electron chi connectivity index (χ2n) is 8.88. The average Bonchev–Trinajstić information content (AvgIpc) is 3.12. The lowest BCUT2D eigenvalue weighted by Crippen LogP contribution is -2.42. The third-order valence-corrected chi connectivity index (χ3v) is 6.23. The number of para-hydroxylation sites is 1. The van der Waals surface area contributed by atoms with Gasteiger partial charge < -0.3 is 24.2 Å². The molecule has 4 rings (SSSR count). The van der Waals surface area contributed by atoms with Gasteiger partial charge >= 0.3 is 0 Å². The van der Waals surface area contributed by atoms with Gasteiger partial charge in [0.25, 0.3) is 11.7 Å². The number of rotatable bonds is 8. The zero-order valence-corrected chi connectivity index (χ0v) is 20.4. The molecule has 0 aromatic heterocycles. The molecule has 1 atom stereocenters. The molecule has 8 nitrogen and oxygen atoms in total. The Morgan fingerprint density at radius 2 is 1.74 bits per heavy atom. The lowest BCUT2D eigenvalue weighted by Gasteiger charge is -2.31. The summed E-state index contributed by atoms with van der Waals surface area (Å²) < 4.78 is 16.7. The molecular formula is C27H32N2O6. The van der Waals surface area contributed by atoms with Crippen LogP contribution in [-0.2, 0) is 14.3 Å². The summed E-state index contributed by atoms with van der Waals surface area (Å²) in [5.41, 5.74) is 1.14. The van der Waals surface area contributed by atoms with Crippen LogP contribution >= 0.6 is 0 Å². The number of Topliss-reactive ketones (excluding diaryl/α,β-unsaturated/α-hetero) is 1. The number of ether oxygens (including phenoxy) is 3. The fraction of sp³-hybridized carbons (Fsp3) is 0.407. The molecule has 8 heteroatoms. The number of aliphatic hydroxyl groups excluding tert-OH is 1. The van der Waals surface area contributed by atoms with E-state index in [-0.39, 0.29) is 17.4 Å². The van der Waals surface area contributed by atoms with Crippen molar-refractivity contribution >= 4 is 17.4 Å². The van der Waals surface area contributed by atoms with Gasteiger partial charge in [-0.2, -0.15) is 0 Å². The Kier molecular flexibility index (Phi) is 7.73. The predicted molar refractivity (Wildman–Crippen MR) is 131 cm³/mol. The molecule has 0 saturated carbocycles. The van der Waals surface area contributed by atoms with Crippen LogP contribution in [0.1, 0.15) is 31.0 Å². The first-order chi connectivity index (χ1) is 16.9. The van der Waals surface area contributed by atoms with Crippen molar-refractivity contribution in [1.29, 1.82) is 0 Å². The number of benzene rings is 2. The highest BCUT2D eigenvalue weighted by Gasteiger charge is 2.47. The van der Waals surface area contributed by atoms with Crippen LogP contribution in [-0.4, -0.2) is 79.2 Å². The number of nitrogens with zero attached hydrogens (tertiary/aromatic N) is 2. The van der Waals surface area contributed by atoms with E-state index >= 15 is 0 Å². The number of hydrogen-bond donors (Lipinski definition) is 1. The number of morpholine rings is 1. The van der Waals surface area contributed by atoms with Gasteiger partial charge in [0.2, 0.25) is 0 Å². The van der Waals surface area contributed by atoms with Crippen LogP contribution in [0.5, 0.6) is 11.5 Å². The Hall–Kier alpha value is -3.36. The van der Waals surface area contributed by atoms with Gasteiger partial charge in [-0.25, -0.2) is 0 Å². The van der Waals surface area contributed by atoms with Crippen molar-refractivity contribution in [2.45, 2.75) is 26.0 Å². The van der Waals surface area contributed by atoms with Crippen molar-refractivity contribution in [3.05, 3.63) is 65.2 Å². The minimum absolute atomic E-state index is 0.0109. The van der Waals surface area contributed by atoms with Crippen LogP contribution in [0, 0.1) is 0 Å². The van der Waals surface area contributed by atoms with Crippen molar-refractivity contribution < 1.29 is 28.9 Å². The number of ketones is 1. The van der Waals surface area contributed by atoms with E-state index in [4.69, 9.17) is 14.2 Å². The molecule has 2 fully saturated rings. The van der Waals surface area contributed by atoms with E-state index in [0.717, 1.165) is 13.1 Å². The number of amides is 1. The summed E-state index contributed by atoms with van der Waals surface area (Å²) in [5, 5.41) is 11.3. The highest BCUT2D eigenvalue weighted by molar-refractivity contribution is 6.46. The van der Waals surface area contributed by atoms with Crippen LogP contribution < -0.4 is 9.47 Å². The van der Waals surface area contributed by atoms with Crippen molar-refractivity contribution in [1.82, 2.24) is 9.80 Å². The monoisotopic (exact) mass is 480 g/mol. The van der Waals surface area contributed by atoms with E-state index in [2.05, 4.69) is 4.90 Å². The maximum absolute atomic E-state index is 13.3. The highest BCUT2D eigenvalue weighted by atomic mass is 16.5. The molecule has 2 aromatic carbocycles. The topological polar surface area (TPSA) is 88.5 Å². The lowest BCUT2D eigenvalue weighted by atomic mass is 9.94. The van der Waals surface area contributed by atoms with Gasteiger partial charge in [0.15, 0.2) is 0 Å². The van der Waals surface area contributed by atoms with Crippen molar-refractivity contribution in [2.24, 2.45) is 0 Å². The minimum Gasteiger partial charge on any atom is -0.507 e. The summed E-state index contributed by atoms with van der Waals surface area (Å²) in [7, 11) is 1.55. The van der Waals surface area contributed by atoms with Crippen molar-refractivity contribution in [2.75, 3.05) is 46.5 Å². The second kappa shape index (κ2) is 10.9. The van der Waals surface area contributed by atoms with Crippen LogP contribution in [0.25, 0.3) is 5.76 Å². The van der Waals surface area contributed by atoms with Crippen molar-refractivity contribution in [3.8, 4) is 11.5 Å². The first-order valence-electron chi connectivity index (χ1n) is 11.9. The van der Waals surface area contributed by atoms with Crippen LogP contribution in [0.2, 0.25) is 0 Å². The van der Waals surface area contributed by atoms with E-state index in [1.807, 2.05) is 32.0 Å². The number of likely N-dealkylation sites (tertiary alicyclic amines) is 1. The fourth-order valence-electron chi connectivity index (χ4n) is 4.52. The molecule has 0 unspecified atom stereocenters. The van der Waals surface area contributed by atoms with E-state index in [1.54, 1.807) is 37.4 Å². The molecule has 1 amide bonds. The predicted octanol–water partition coefficient (Wildman–Crippen LogP) is 3.24. The molecule has 0 bridgehead atoms. The molecule has 186 valence electrons. The molecule has 2 heterocycles. The summed E-state index contributed by atoms with van der Waals surface area (Å²) in [5.74, 6) is -0.353. The summed E-state index contributed by atoms with van der Waals surface area (Å²) in [6, 6.07) is 13.4. The highest BCUT2D eigenvalue weighted by Crippen LogP contribution is 2.42. The first kappa shape index (κ1) is 24.8. The number of hydrogen-bond acceptors (Lipinski definition) is 7. The third kappa shape index (κ3) is 5.33. The molecule has 2 aromatic rings. The van der Waals surface area contributed by atoms with Gasteiger partial charge in [-0.15, -0.1) is 0 Å². The van der Waals surface area contributed by atoms with Crippen molar-refractivity contribution in [3.63, 3.8) is 0 Å². The summed E-state index contributed by atoms with van der Waals surface area (Å²) in [4.78, 5) is 30.2. The maximum Gasteiger partial charge on any atom is 0.295 e. The van der Waals surface area contributed by atoms with E-state index in [0.29, 0.717) is 48.9 Å². The van der Waals surface area contributed by atoms with Gasteiger partial charge in [0.1, 0.15) is 17.3 Å². The van der Waals surface area contributed by atoms with E-state index < -0.39 is 17.7 Å². The Bertz CT molecular complexity index is 1090. The molecule has 1 N–H and O–H groups in total. The summed E-state index contributed by atoms with van der Waals surface area (Å²) >= 11 is 0. The zero-order chi connectivity index (χ0) is 24.9. The fourth-order valence-corrected chi connectivity index (χ4v) is 4.52. The lowest BCUT2D eigenvalue weighted by molar-refractivity contribution is -0.140. The molecule has 2 aliphatic rings. The smallest absolute Gasteiger partial charge is 0.295 e. The number of methoxy groups -OCH3 is 1. The summed E-state index contributed by atoms with van der Waals surface area (Å²) in [6.45, 7) is 7.63. The SMILES string of the molecule is COc1ccccc1[C@@H]1/C(=C(\O)c2ccc(OC(C)C)cc2)C(=O)C(=O)N1CCN1CCOCC1. The zero-order valence-electron chi connectivity index (χ0n) is 20.4. The molecule has 0 radical (unpaired) electrons. The van der Waals surface area contributed by atoms with Gasteiger partial charge in [0.05, 0.1) is 38.0 Å². The molecular weight excluding hydrogens is 448 g/mol.